The fourth-order valence-electron chi connectivity index (χ4n) is 1.75. The highest BCUT2D eigenvalue weighted by molar-refractivity contribution is 5.80. The maximum absolute atomic E-state index is 12.2. The molecular weight excluding hydrogens is 223 g/mol. The summed E-state index contributed by atoms with van der Waals surface area (Å²) in [5, 5.41) is 2.93. The van der Waals surface area contributed by atoms with Crippen LogP contribution in [0.25, 0.3) is 0 Å². The molecule has 0 aromatic heterocycles. The largest absolute Gasteiger partial charge is 0.459 e. The number of primary amides is 1. The first-order chi connectivity index (χ1) is 7.30. The van der Waals surface area contributed by atoms with Gasteiger partial charge in [-0.25, -0.2) is 4.90 Å². The summed E-state index contributed by atoms with van der Waals surface area (Å²) >= 11 is 0. The van der Waals surface area contributed by atoms with E-state index >= 15 is 0 Å². The van der Waals surface area contributed by atoms with Gasteiger partial charge in [-0.1, -0.05) is 0 Å². The van der Waals surface area contributed by atoms with Gasteiger partial charge >= 0.3 is 6.30 Å². The molecule has 0 spiro atoms. The van der Waals surface area contributed by atoms with Crippen molar-refractivity contribution in [3.8, 4) is 0 Å². The molecule has 1 saturated heterocycles. The molecule has 1 aliphatic rings. The van der Waals surface area contributed by atoms with Crippen molar-refractivity contribution in [1.29, 1.82) is 0 Å². The summed E-state index contributed by atoms with van der Waals surface area (Å²) in [6.45, 7) is -0.0767. The van der Waals surface area contributed by atoms with E-state index in [9.17, 15) is 18.0 Å². The number of hydrogen-bond acceptors (Lipinski definition) is 3. The second-order valence-electron chi connectivity index (χ2n) is 4.07. The molecule has 0 aromatic rings. The Kier molecular flexibility index (Phi) is 4.15. The normalized spacial score (nSPS) is 26.3. The van der Waals surface area contributed by atoms with Gasteiger partial charge in [0.25, 0.3) is 0 Å². The monoisotopic (exact) mass is 239 g/mol. The van der Waals surface area contributed by atoms with Gasteiger partial charge < -0.3 is 11.1 Å². The number of hydrogen-bond donors (Lipinski definition) is 2. The Balaban J connectivity index is 2.28. The molecule has 0 radical (unpaired) electrons. The molecule has 16 heavy (non-hydrogen) atoms. The van der Waals surface area contributed by atoms with Gasteiger partial charge in [-0.2, -0.15) is 13.2 Å². The lowest BCUT2D eigenvalue weighted by atomic mass is 10.1. The molecule has 0 aliphatic carbocycles. The summed E-state index contributed by atoms with van der Waals surface area (Å²) in [4.78, 5) is 11.2. The van der Waals surface area contributed by atoms with E-state index in [1.165, 1.54) is 0 Å². The minimum atomic E-state index is -4.29. The maximum atomic E-state index is 12.2. The van der Waals surface area contributed by atoms with Crippen molar-refractivity contribution in [2.45, 2.75) is 37.6 Å². The van der Waals surface area contributed by atoms with Crippen molar-refractivity contribution in [1.82, 2.24) is 10.2 Å². The molecule has 94 valence electrons. The molecular formula is C9H16F3N3O. The van der Waals surface area contributed by atoms with Gasteiger partial charge in [0.05, 0.1) is 6.04 Å². The summed E-state index contributed by atoms with van der Waals surface area (Å²) in [5.41, 5.74) is 5.09. The lowest BCUT2D eigenvalue weighted by Gasteiger charge is -2.21. The van der Waals surface area contributed by atoms with Gasteiger partial charge in [0, 0.05) is 12.6 Å². The lowest BCUT2D eigenvalue weighted by molar-refractivity contribution is -0.236. The predicted molar refractivity (Wildman–Crippen MR) is 52.4 cm³/mol. The van der Waals surface area contributed by atoms with Crippen LogP contribution < -0.4 is 11.1 Å². The quantitative estimate of drug-likeness (QED) is 0.700. The van der Waals surface area contributed by atoms with Crippen molar-refractivity contribution in [3.05, 3.63) is 0 Å². The fraction of sp³-hybridized carbons (Fsp3) is 0.889. The van der Waals surface area contributed by atoms with Crippen molar-refractivity contribution < 1.29 is 18.0 Å². The topological polar surface area (TPSA) is 58.4 Å². The van der Waals surface area contributed by atoms with Crippen LogP contribution in [0.15, 0.2) is 0 Å². The van der Waals surface area contributed by atoms with E-state index in [2.05, 4.69) is 5.32 Å². The third kappa shape index (κ3) is 3.64. The molecule has 7 heteroatoms. The van der Waals surface area contributed by atoms with Crippen molar-refractivity contribution in [3.63, 3.8) is 0 Å². The van der Waals surface area contributed by atoms with E-state index in [-0.39, 0.29) is 18.6 Å². The molecule has 2 unspecified atom stereocenters. The smallest absolute Gasteiger partial charge is 0.368 e. The number of rotatable bonds is 4. The second kappa shape index (κ2) is 5.01. The molecule has 2 atom stereocenters. The number of halogens is 3. The van der Waals surface area contributed by atoms with Crippen LogP contribution in [-0.2, 0) is 4.79 Å². The van der Waals surface area contributed by atoms with Crippen LogP contribution in [0.4, 0.5) is 13.2 Å². The Bertz CT molecular complexity index is 257. The Hall–Kier alpha value is -0.820. The van der Waals surface area contributed by atoms with E-state index in [1.54, 1.807) is 0 Å². The summed E-state index contributed by atoms with van der Waals surface area (Å²) in [5.74, 6) is -0.438. The van der Waals surface area contributed by atoms with Crippen molar-refractivity contribution in [2.24, 2.45) is 5.73 Å². The SMILES string of the molecule is CN(CCC1CCC(C(N)=O)N1)C(F)(F)F. The van der Waals surface area contributed by atoms with E-state index in [0.717, 1.165) is 7.05 Å². The molecule has 0 bridgehead atoms. The number of nitrogens with one attached hydrogen (secondary N) is 1. The highest BCUT2D eigenvalue weighted by Crippen LogP contribution is 2.21. The van der Waals surface area contributed by atoms with Gasteiger partial charge in [-0.3, -0.25) is 4.79 Å². The van der Waals surface area contributed by atoms with Crippen LogP contribution in [0.3, 0.4) is 0 Å². The lowest BCUT2D eigenvalue weighted by Crippen LogP contribution is -2.42. The number of amides is 1. The average molecular weight is 239 g/mol. The van der Waals surface area contributed by atoms with Gasteiger partial charge in [-0.05, 0) is 26.3 Å². The summed E-state index contributed by atoms with van der Waals surface area (Å²) in [7, 11) is 1.01. The van der Waals surface area contributed by atoms with Crippen LogP contribution in [0, 0.1) is 0 Å². The van der Waals surface area contributed by atoms with Crippen LogP contribution in [0.1, 0.15) is 19.3 Å². The highest BCUT2D eigenvalue weighted by atomic mass is 19.4. The zero-order valence-corrected chi connectivity index (χ0v) is 9.05. The highest BCUT2D eigenvalue weighted by Gasteiger charge is 2.35. The van der Waals surface area contributed by atoms with Gasteiger partial charge in [0.15, 0.2) is 0 Å². The Labute approximate surface area is 92.0 Å². The molecule has 1 heterocycles. The second-order valence-corrected chi connectivity index (χ2v) is 4.07. The zero-order valence-electron chi connectivity index (χ0n) is 9.05. The molecule has 1 fully saturated rings. The first kappa shape index (κ1) is 13.2. The standard InChI is InChI=1S/C9H16F3N3O/c1-15(9(10,11)12)5-4-6-2-3-7(14-6)8(13)16/h6-7,14H,2-5H2,1H3,(H2,13,16). The summed E-state index contributed by atoms with van der Waals surface area (Å²) < 4.78 is 36.5. The summed E-state index contributed by atoms with van der Waals surface area (Å²) in [6, 6.07) is -0.441. The molecule has 0 saturated carbocycles. The Morgan fingerprint density at radius 2 is 2.12 bits per heavy atom. The van der Waals surface area contributed by atoms with E-state index in [1.807, 2.05) is 0 Å². The predicted octanol–water partition coefficient (Wildman–Crippen LogP) is 0.434. The van der Waals surface area contributed by atoms with Gasteiger partial charge in [-0.15, -0.1) is 0 Å². The molecule has 4 nitrogen and oxygen atoms in total. The number of nitrogens with zero attached hydrogens (tertiary/aromatic N) is 1. The van der Waals surface area contributed by atoms with E-state index < -0.39 is 12.2 Å². The minimum absolute atomic E-state index is 0.0534. The zero-order chi connectivity index (χ0) is 12.3. The van der Waals surface area contributed by atoms with Crippen LogP contribution in [0.2, 0.25) is 0 Å². The first-order valence-electron chi connectivity index (χ1n) is 5.14. The summed E-state index contributed by atoms with van der Waals surface area (Å²) in [6.07, 6.45) is -2.63. The minimum Gasteiger partial charge on any atom is -0.368 e. The number of alkyl halides is 3. The number of carbonyl (C=O) groups excluding carboxylic acids is 1. The molecule has 1 aliphatic heterocycles. The van der Waals surface area contributed by atoms with E-state index in [0.29, 0.717) is 24.2 Å². The molecule has 3 N–H and O–H groups in total. The van der Waals surface area contributed by atoms with Gasteiger partial charge in [0.2, 0.25) is 5.91 Å². The number of nitrogens with two attached hydrogens (primary N) is 1. The maximum Gasteiger partial charge on any atom is 0.459 e. The van der Waals surface area contributed by atoms with Crippen LogP contribution in [0.5, 0.6) is 0 Å². The van der Waals surface area contributed by atoms with Crippen LogP contribution >= 0.6 is 0 Å². The van der Waals surface area contributed by atoms with E-state index in [4.69, 9.17) is 5.73 Å². The first-order valence-corrected chi connectivity index (χ1v) is 5.14. The van der Waals surface area contributed by atoms with Gasteiger partial charge in [0.1, 0.15) is 0 Å². The van der Waals surface area contributed by atoms with Crippen LogP contribution in [-0.4, -0.2) is 42.8 Å². The van der Waals surface area contributed by atoms with Crippen molar-refractivity contribution >= 4 is 5.91 Å². The average Bonchev–Trinajstić information content (AvgIpc) is 2.60. The molecule has 0 aromatic carbocycles. The third-order valence-corrected chi connectivity index (χ3v) is 2.83. The molecule has 1 amide bonds. The molecule has 1 rings (SSSR count). The Morgan fingerprint density at radius 3 is 2.56 bits per heavy atom. The fourth-order valence-corrected chi connectivity index (χ4v) is 1.75. The number of carbonyl (C=O) groups is 1. The third-order valence-electron chi connectivity index (χ3n) is 2.83. The van der Waals surface area contributed by atoms with Crippen molar-refractivity contribution in [2.75, 3.05) is 13.6 Å². The Morgan fingerprint density at radius 1 is 1.50 bits per heavy atom.